The summed E-state index contributed by atoms with van der Waals surface area (Å²) in [4.78, 5) is 25.1. The maximum absolute atomic E-state index is 13.9. The van der Waals surface area contributed by atoms with Crippen molar-refractivity contribution >= 4 is 22.6 Å². The average molecular weight is 506 g/mol. The molecule has 1 aliphatic rings. The van der Waals surface area contributed by atoms with Crippen LogP contribution in [0.15, 0.2) is 59.8 Å². The summed E-state index contributed by atoms with van der Waals surface area (Å²) in [5, 5.41) is 24.1. The van der Waals surface area contributed by atoms with Crippen LogP contribution in [0.2, 0.25) is 5.02 Å². The van der Waals surface area contributed by atoms with E-state index in [0.29, 0.717) is 39.9 Å². The van der Waals surface area contributed by atoms with E-state index < -0.39 is 0 Å². The molecule has 2 aromatic carbocycles. The van der Waals surface area contributed by atoms with Crippen LogP contribution in [0.25, 0.3) is 27.8 Å². The molecule has 0 radical (unpaired) electrons. The number of nitrogens with one attached hydrogen (secondary N) is 1. The molecule has 9 heteroatoms. The van der Waals surface area contributed by atoms with E-state index in [4.69, 9.17) is 11.6 Å². The molecule has 0 amide bonds. The smallest absolute Gasteiger partial charge is 0.267 e. The van der Waals surface area contributed by atoms with Crippen molar-refractivity contribution in [3.05, 3.63) is 81.5 Å². The lowest BCUT2D eigenvalue weighted by Gasteiger charge is -2.23. The number of rotatable bonds is 7. The van der Waals surface area contributed by atoms with Crippen molar-refractivity contribution in [3.8, 4) is 22.6 Å². The number of aromatic nitrogens is 3. The first-order valence-corrected chi connectivity index (χ1v) is 12.3. The molecule has 1 fully saturated rings. The summed E-state index contributed by atoms with van der Waals surface area (Å²) in [7, 11) is 2.04. The zero-order valence-electron chi connectivity index (χ0n) is 20.0. The van der Waals surface area contributed by atoms with Gasteiger partial charge in [-0.15, -0.1) is 0 Å². The first-order valence-electron chi connectivity index (χ1n) is 11.9. The van der Waals surface area contributed by atoms with Gasteiger partial charge in [-0.25, -0.2) is 9.97 Å². The highest BCUT2D eigenvalue weighted by Gasteiger charge is 2.21. The van der Waals surface area contributed by atoms with Gasteiger partial charge < -0.3 is 20.4 Å². The van der Waals surface area contributed by atoms with Crippen molar-refractivity contribution in [1.29, 1.82) is 0 Å². The number of nitrogens with zero attached hydrogens (tertiary/aromatic N) is 4. The fourth-order valence-electron chi connectivity index (χ4n) is 4.91. The number of benzene rings is 2. The summed E-state index contributed by atoms with van der Waals surface area (Å²) in [5.41, 5.74) is 3.60. The van der Waals surface area contributed by atoms with Gasteiger partial charge in [0.2, 0.25) is 0 Å². The van der Waals surface area contributed by atoms with Crippen LogP contribution in [0.4, 0.5) is 0 Å². The first kappa shape index (κ1) is 24.4. The minimum absolute atomic E-state index is 0.0610. The van der Waals surface area contributed by atoms with Gasteiger partial charge in [0, 0.05) is 42.0 Å². The molecular weight excluding hydrogens is 478 g/mol. The summed E-state index contributed by atoms with van der Waals surface area (Å²) in [6, 6.07) is 12.3. The predicted octanol–water partition coefficient (Wildman–Crippen LogP) is 3.48. The van der Waals surface area contributed by atoms with Crippen molar-refractivity contribution in [3.63, 3.8) is 0 Å². The molecule has 8 nitrogen and oxygen atoms in total. The van der Waals surface area contributed by atoms with Crippen molar-refractivity contribution in [2.75, 3.05) is 20.1 Å². The molecule has 186 valence electrons. The number of aliphatic hydroxyl groups is 1. The van der Waals surface area contributed by atoms with Gasteiger partial charge in [0.25, 0.3) is 5.56 Å². The Morgan fingerprint density at radius 1 is 1.22 bits per heavy atom. The predicted molar refractivity (Wildman–Crippen MR) is 141 cm³/mol. The number of fused-ring (bicyclic) bond motifs is 1. The zero-order chi connectivity index (χ0) is 25.2. The molecule has 0 saturated carbocycles. The van der Waals surface area contributed by atoms with E-state index in [2.05, 4.69) is 20.2 Å². The number of halogens is 1. The fraction of sp³-hybridized carbons (Fsp3) is 0.296. The Kier molecular flexibility index (Phi) is 7.02. The number of hydrogen-bond donors (Lipinski definition) is 3. The number of phenols is 1. The Labute approximate surface area is 213 Å². The molecule has 1 atom stereocenters. The second-order valence-electron chi connectivity index (χ2n) is 9.28. The summed E-state index contributed by atoms with van der Waals surface area (Å²) in [6.07, 6.45) is 5.43. The van der Waals surface area contributed by atoms with Crippen LogP contribution in [0.1, 0.15) is 24.0 Å². The van der Waals surface area contributed by atoms with Gasteiger partial charge in [0.1, 0.15) is 12.1 Å². The summed E-state index contributed by atoms with van der Waals surface area (Å²) < 4.78 is 1.42. The topological polar surface area (TPSA) is 104 Å². The average Bonchev–Trinajstić information content (AvgIpc) is 3.36. The summed E-state index contributed by atoms with van der Waals surface area (Å²) >= 11 is 6.37. The van der Waals surface area contributed by atoms with E-state index >= 15 is 0 Å². The molecule has 5 rings (SSSR count). The number of likely N-dealkylation sites (N-methyl/N-ethyl adjacent to an activating group) is 1. The normalized spacial score (nSPS) is 15.7. The Bertz CT molecular complexity index is 1470. The molecule has 0 spiro atoms. The van der Waals surface area contributed by atoms with E-state index in [1.165, 1.54) is 17.0 Å². The highest BCUT2D eigenvalue weighted by molar-refractivity contribution is 6.31. The van der Waals surface area contributed by atoms with Crippen molar-refractivity contribution in [1.82, 2.24) is 24.8 Å². The largest absolute Gasteiger partial charge is 0.508 e. The van der Waals surface area contributed by atoms with Gasteiger partial charge in [-0.3, -0.25) is 9.36 Å². The van der Waals surface area contributed by atoms with Crippen LogP contribution in [0.5, 0.6) is 5.75 Å². The van der Waals surface area contributed by atoms with E-state index in [1.54, 1.807) is 30.5 Å². The van der Waals surface area contributed by atoms with Crippen LogP contribution in [0, 0.1) is 0 Å². The Morgan fingerprint density at radius 2 is 2.08 bits per heavy atom. The molecule has 1 aliphatic heterocycles. The lowest BCUT2D eigenvalue weighted by atomic mass is 9.97. The molecule has 4 aromatic rings. The molecule has 0 unspecified atom stereocenters. The minimum Gasteiger partial charge on any atom is -0.508 e. The van der Waals surface area contributed by atoms with Crippen molar-refractivity contribution in [2.45, 2.75) is 32.0 Å². The van der Waals surface area contributed by atoms with Gasteiger partial charge in [-0.1, -0.05) is 17.7 Å². The van der Waals surface area contributed by atoms with E-state index in [-0.39, 0.29) is 17.9 Å². The lowest BCUT2D eigenvalue weighted by molar-refractivity contribution is 0.282. The molecule has 0 aliphatic carbocycles. The zero-order valence-corrected chi connectivity index (χ0v) is 20.7. The third kappa shape index (κ3) is 4.99. The molecule has 3 N–H and O–H groups in total. The second kappa shape index (κ2) is 10.4. The number of aliphatic hydroxyl groups excluding tert-OH is 1. The quantitative estimate of drug-likeness (QED) is 0.353. The standard InChI is InChI=1S/C27H28ClN5O3/c1-32(13-20-4-3-7-29-20)14-24-23(18-8-17(15-34)9-19(28)10-18)12-30-26-25(24)27(36)33(16-31-26)21-5-2-6-22(35)11-21/h2,5-6,8-12,16,20,29,34-35H,3-4,7,13-15H2,1H3/t20-/m0/s1. The van der Waals surface area contributed by atoms with Crippen molar-refractivity contribution in [2.24, 2.45) is 0 Å². The van der Waals surface area contributed by atoms with Gasteiger partial charge in [0.15, 0.2) is 5.65 Å². The fourth-order valence-corrected chi connectivity index (χ4v) is 5.16. The maximum Gasteiger partial charge on any atom is 0.267 e. The molecule has 3 heterocycles. The highest BCUT2D eigenvalue weighted by Crippen LogP contribution is 2.31. The van der Waals surface area contributed by atoms with Crippen LogP contribution < -0.4 is 10.9 Å². The van der Waals surface area contributed by atoms with Crippen LogP contribution >= 0.6 is 11.6 Å². The summed E-state index contributed by atoms with van der Waals surface area (Å²) in [6.45, 7) is 2.20. The van der Waals surface area contributed by atoms with Crippen LogP contribution in [-0.4, -0.2) is 55.8 Å². The highest BCUT2D eigenvalue weighted by atomic mass is 35.5. The van der Waals surface area contributed by atoms with Crippen LogP contribution in [0.3, 0.4) is 0 Å². The Morgan fingerprint density at radius 3 is 2.83 bits per heavy atom. The van der Waals surface area contributed by atoms with E-state index in [0.717, 1.165) is 42.6 Å². The lowest BCUT2D eigenvalue weighted by Crippen LogP contribution is -2.35. The number of pyridine rings is 1. The SMILES string of the molecule is CN(Cc1c(-c2cc(Cl)cc(CO)c2)cnc2ncn(-c3cccc(O)c3)c(=O)c12)C[C@@H]1CCCN1. The minimum atomic E-state index is -0.272. The molecular formula is C27H28ClN5O3. The van der Waals surface area contributed by atoms with Gasteiger partial charge in [0.05, 0.1) is 17.7 Å². The van der Waals surface area contributed by atoms with Gasteiger partial charge in [-0.2, -0.15) is 0 Å². The maximum atomic E-state index is 13.9. The number of aromatic hydroxyl groups is 1. The van der Waals surface area contributed by atoms with Gasteiger partial charge >= 0.3 is 0 Å². The Balaban J connectivity index is 1.70. The first-order chi connectivity index (χ1) is 17.4. The molecule has 36 heavy (non-hydrogen) atoms. The van der Waals surface area contributed by atoms with Crippen molar-refractivity contribution < 1.29 is 10.2 Å². The molecule has 2 aromatic heterocycles. The van der Waals surface area contributed by atoms with E-state index in [9.17, 15) is 15.0 Å². The monoisotopic (exact) mass is 505 g/mol. The number of hydrogen-bond acceptors (Lipinski definition) is 7. The molecule has 0 bridgehead atoms. The molecule has 1 saturated heterocycles. The third-order valence-electron chi connectivity index (χ3n) is 6.58. The third-order valence-corrected chi connectivity index (χ3v) is 6.79. The van der Waals surface area contributed by atoms with Crippen LogP contribution in [-0.2, 0) is 13.2 Å². The van der Waals surface area contributed by atoms with Gasteiger partial charge in [-0.05, 0) is 73.5 Å². The second-order valence-corrected chi connectivity index (χ2v) is 9.72. The van der Waals surface area contributed by atoms with E-state index in [1.807, 2.05) is 19.2 Å². The Hall–Kier alpha value is -3.30. The number of phenolic OH excluding ortho intramolecular Hbond substituents is 1. The summed E-state index contributed by atoms with van der Waals surface area (Å²) in [5.74, 6) is 0.0610.